The normalized spacial score (nSPS) is 11.5. The van der Waals surface area contributed by atoms with Gasteiger partial charge in [-0.25, -0.2) is 4.79 Å². The third kappa shape index (κ3) is 2.40. The summed E-state index contributed by atoms with van der Waals surface area (Å²) >= 11 is 0. The van der Waals surface area contributed by atoms with Gasteiger partial charge >= 0.3 is 6.09 Å². The highest BCUT2D eigenvalue weighted by atomic mass is 16.6. The Morgan fingerprint density at radius 2 is 2.11 bits per heavy atom. The summed E-state index contributed by atoms with van der Waals surface area (Å²) in [4.78, 5) is 22.7. The molecule has 0 aliphatic carbocycles. The number of hydrogen-bond donors (Lipinski definition) is 0. The highest BCUT2D eigenvalue weighted by molar-refractivity contribution is 5.91. The summed E-state index contributed by atoms with van der Waals surface area (Å²) in [6.45, 7) is 5.36. The number of nitrogens with zero attached hydrogens (tertiary/aromatic N) is 2. The first-order chi connectivity index (χ1) is 8.40. The minimum atomic E-state index is -0.586. The van der Waals surface area contributed by atoms with Gasteiger partial charge in [-0.2, -0.15) is 9.78 Å². The zero-order valence-electron chi connectivity index (χ0n) is 10.5. The maximum atomic E-state index is 11.9. The minimum Gasteiger partial charge on any atom is -0.442 e. The Kier molecular flexibility index (Phi) is 2.90. The van der Waals surface area contributed by atoms with Gasteiger partial charge < -0.3 is 4.74 Å². The van der Waals surface area contributed by atoms with E-state index in [1.807, 2.05) is 0 Å². The second kappa shape index (κ2) is 4.25. The van der Waals surface area contributed by atoms with Crippen molar-refractivity contribution in [2.45, 2.75) is 26.4 Å². The molecule has 0 spiro atoms. The van der Waals surface area contributed by atoms with E-state index >= 15 is 0 Å². The first-order valence-electron chi connectivity index (χ1n) is 5.57. The van der Waals surface area contributed by atoms with Gasteiger partial charge in [-0.15, -0.1) is 0 Å². The zero-order chi connectivity index (χ0) is 13.3. The fraction of sp³-hybridized carbons (Fsp3) is 0.308. The number of hydrogen-bond acceptors (Lipinski definition) is 4. The van der Waals surface area contributed by atoms with Crippen LogP contribution in [0.3, 0.4) is 0 Å². The van der Waals surface area contributed by atoms with E-state index in [0.717, 1.165) is 16.4 Å². The summed E-state index contributed by atoms with van der Waals surface area (Å²) in [6.07, 6.45) is 1.74. The molecule has 0 fully saturated rings. The SMILES string of the molecule is CC(C)(C)OC(=O)n1ncc2ccc(C=O)cc21. The molecule has 0 radical (unpaired) electrons. The number of carbonyl (C=O) groups is 2. The van der Waals surface area contributed by atoms with Gasteiger partial charge in [-0.05, 0) is 26.8 Å². The Morgan fingerprint density at radius 3 is 2.72 bits per heavy atom. The van der Waals surface area contributed by atoms with Crippen LogP contribution in [-0.4, -0.2) is 27.8 Å². The number of fused-ring (bicyclic) bond motifs is 1. The lowest BCUT2D eigenvalue weighted by atomic mass is 10.2. The summed E-state index contributed by atoms with van der Waals surface area (Å²) in [5.74, 6) is 0. The Morgan fingerprint density at radius 1 is 1.39 bits per heavy atom. The molecule has 18 heavy (non-hydrogen) atoms. The average molecular weight is 246 g/mol. The monoisotopic (exact) mass is 246 g/mol. The summed E-state index contributed by atoms with van der Waals surface area (Å²) in [6, 6.07) is 5.03. The maximum Gasteiger partial charge on any atom is 0.435 e. The van der Waals surface area contributed by atoms with Crippen molar-refractivity contribution in [2.75, 3.05) is 0 Å². The first-order valence-corrected chi connectivity index (χ1v) is 5.57. The van der Waals surface area contributed by atoms with Crippen LogP contribution in [0.5, 0.6) is 0 Å². The molecule has 0 saturated heterocycles. The van der Waals surface area contributed by atoms with E-state index in [2.05, 4.69) is 5.10 Å². The summed E-state index contributed by atoms with van der Waals surface area (Å²) < 4.78 is 6.40. The van der Waals surface area contributed by atoms with E-state index in [0.29, 0.717) is 11.1 Å². The van der Waals surface area contributed by atoms with E-state index in [1.54, 1.807) is 45.2 Å². The van der Waals surface area contributed by atoms with Crippen molar-refractivity contribution in [3.63, 3.8) is 0 Å². The molecule has 2 rings (SSSR count). The molecule has 1 aromatic heterocycles. The smallest absolute Gasteiger partial charge is 0.435 e. The average Bonchev–Trinajstić information content (AvgIpc) is 2.69. The number of ether oxygens (including phenoxy) is 1. The minimum absolute atomic E-state index is 0.493. The van der Waals surface area contributed by atoms with E-state index in [4.69, 9.17) is 4.74 Å². The summed E-state index contributed by atoms with van der Waals surface area (Å²) in [7, 11) is 0. The standard InChI is InChI=1S/C13H14N2O3/c1-13(2,3)18-12(17)15-11-6-9(8-16)4-5-10(11)7-14-15/h4-8H,1-3H3. The largest absolute Gasteiger partial charge is 0.442 e. The highest BCUT2D eigenvalue weighted by Crippen LogP contribution is 2.17. The molecule has 0 saturated carbocycles. The zero-order valence-corrected chi connectivity index (χ0v) is 10.5. The van der Waals surface area contributed by atoms with Crippen LogP contribution in [0.15, 0.2) is 24.4 Å². The number of rotatable bonds is 1. The number of aldehydes is 1. The van der Waals surface area contributed by atoms with Crippen molar-refractivity contribution in [2.24, 2.45) is 0 Å². The molecule has 0 aliphatic rings. The lowest BCUT2D eigenvalue weighted by Gasteiger charge is -2.19. The van der Waals surface area contributed by atoms with Crippen LogP contribution >= 0.6 is 0 Å². The van der Waals surface area contributed by atoms with Crippen LogP contribution < -0.4 is 0 Å². The van der Waals surface area contributed by atoms with E-state index in [1.165, 1.54) is 0 Å². The predicted octanol–water partition coefficient (Wildman–Crippen LogP) is 2.63. The van der Waals surface area contributed by atoms with Crippen LogP contribution in [0.2, 0.25) is 0 Å². The summed E-state index contributed by atoms with van der Waals surface area (Å²) in [5, 5.41) is 4.76. The molecule has 0 atom stereocenters. The Labute approximate surface area is 104 Å². The molecule has 1 aromatic carbocycles. The molecular formula is C13H14N2O3. The van der Waals surface area contributed by atoms with Gasteiger partial charge in [0, 0.05) is 10.9 Å². The van der Waals surface area contributed by atoms with Crippen LogP contribution in [0, 0.1) is 0 Å². The van der Waals surface area contributed by atoms with Crippen molar-refractivity contribution in [3.05, 3.63) is 30.0 Å². The number of carbonyl (C=O) groups excluding carboxylic acids is 2. The first kappa shape index (κ1) is 12.3. The Balaban J connectivity index is 2.45. The van der Waals surface area contributed by atoms with Crippen molar-refractivity contribution >= 4 is 23.3 Å². The molecule has 2 aromatic rings. The lowest BCUT2D eigenvalue weighted by Crippen LogP contribution is -2.27. The van der Waals surface area contributed by atoms with Gasteiger partial charge in [0.2, 0.25) is 0 Å². The molecule has 5 heteroatoms. The molecule has 0 bridgehead atoms. The molecule has 1 heterocycles. The topological polar surface area (TPSA) is 61.2 Å². The van der Waals surface area contributed by atoms with Crippen molar-refractivity contribution < 1.29 is 14.3 Å². The molecular weight excluding hydrogens is 232 g/mol. The molecule has 0 N–H and O–H groups in total. The van der Waals surface area contributed by atoms with Gasteiger partial charge in [-0.1, -0.05) is 12.1 Å². The van der Waals surface area contributed by atoms with Crippen molar-refractivity contribution in [1.29, 1.82) is 0 Å². The Bertz CT molecular complexity index is 608. The van der Waals surface area contributed by atoms with E-state index < -0.39 is 11.7 Å². The van der Waals surface area contributed by atoms with Crippen molar-refractivity contribution in [1.82, 2.24) is 9.78 Å². The second-order valence-corrected chi connectivity index (χ2v) is 4.97. The van der Waals surface area contributed by atoms with Gasteiger partial charge in [0.25, 0.3) is 0 Å². The predicted molar refractivity (Wildman–Crippen MR) is 66.8 cm³/mol. The molecule has 0 aliphatic heterocycles. The van der Waals surface area contributed by atoms with Gasteiger partial charge in [0.05, 0.1) is 11.7 Å². The van der Waals surface area contributed by atoms with Crippen LogP contribution in [0.25, 0.3) is 10.9 Å². The van der Waals surface area contributed by atoms with Gasteiger partial charge in [-0.3, -0.25) is 4.79 Å². The lowest BCUT2D eigenvalue weighted by molar-refractivity contribution is 0.0522. The van der Waals surface area contributed by atoms with Gasteiger partial charge in [0.1, 0.15) is 11.9 Å². The molecule has 5 nitrogen and oxygen atoms in total. The number of aromatic nitrogens is 2. The van der Waals surface area contributed by atoms with E-state index in [-0.39, 0.29) is 0 Å². The molecule has 0 unspecified atom stereocenters. The van der Waals surface area contributed by atoms with Crippen LogP contribution in [0.1, 0.15) is 31.1 Å². The van der Waals surface area contributed by atoms with E-state index in [9.17, 15) is 9.59 Å². The van der Waals surface area contributed by atoms with Crippen molar-refractivity contribution in [3.8, 4) is 0 Å². The quantitative estimate of drug-likeness (QED) is 0.726. The molecule has 94 valence electrons. The Hall–Kier alpha value is -2.17. The van der Waals surface area contributed by atoms with Crippen LogP contribution in [0.4, 0.5) is 4.79 Å². The fourth-order valence-electron chi connectivity index (χ4n) is 1.56. The van der Waals surface area contributed by atoms with Crippen LogP contribution in [-0.2, 0) is 4.74 Å². The van der Waals surface area contributed by atoms with Gasteiger partial charge in [0.15, 0.2) is 0 Å². The molecule has 0 amide bonds. The fourth-order valence-corrected chi connectivity index (χ4v) is 1.56. The number of benzene rings is 1. The third-order valence-electron chi connectivity index (χ3n) is 2.30. The maximum absolute atomic E-state index is 11.9. The summed E-state index contributed by atoms with van der Waals surface area (Å²) in [5.41, 5.74) is 0.471. The third-order valence-corrected chi connectivity index (χ3v) is 2.30. The second-order valence-electron chi connectivity index (χ2n) is 4.97. The highest BCUT2D eigenvalue weighted by Gasteiger charge is 2.19.